The molecule has 0 bridgehead atoms. The third-order valence-electron chi connectivity index (χ3n) is 3.16. The van der Waals surface area contributed by atoms with Crippen LogP contribution < -0.4 is 11.5 Å². The molecule has 0 aliphatic heterocycles. The maximum atomic E-state index is 11.8. The summed E-state index contributed by atoms with van der Waals surface area (Å²) in [7, 11) is -4.05. The van der Waals surface area contributed by atoms with E-state index in [-0.39, 0.29) is 18.3 Å². The summed E-state index contributed by atoms with van der Waals surface area (Å²) >= 11 is 0. The van der Waals surface area contributed by atoms with Crippen LogP contribution in [-0.2, 0) is 20.4 Å². The zero-order chi connectivity index (χ0) is 18.6. The van der Waals surface area contributed by atoms with E-state index in [9.17, 15) is 9.46 Å². The minimum absolute atomic E-state index is 0.0102. The summed E-state index contributed by atoms with van der Waals surface area (Å²) in [5, 5.41) is 17.8. The van der Waals surface area contributed by atoms with Crippen LogP contribution in [0, 0.1) is 0 Å². The van der Waals surface area contributed by atoms with Crippen molar-refractivity contribution in [2.75, 3.05) is 31.0 Å². The topological polar surface area (TPSA) is 192 Å². The summed E-state index contributed by atoms with van der Waals surface area (Å²) in [6.07, 6.45) is -0.799. The molecule has 0 aliphatic rings. The van der Waals surface area contributed by atoms with Gasteiger partial charge in [0.05, 0.1) is 32.2 Å². The number of aliphatic hydroxyl groups is 2. The Labute approximate surface area is 142 Å². The van der Waals surface area contributed by atoms with Crippen molar-refractivity contribution in [3.63, 3.8) is 0 Å². The summed E-state index contributed by atoms with van der Waals surface area (Å²) in [5.41, 5.74) is 12.1. The highest BCUT2D eigenvalue weighted by Gasteiger charge is 2.23. The van der Waals surface area contributed by atoms with Crippen LogP contribution in [0.3, 0.4) is 0 Å². The number of anilines is 2. The van der Waals surface area contributed by atoms with Gasteiger partial charge in [0, 0.05) is 0 Å². The lowest BCUT2D eigenvalue weighted by Crippen LogP contribution is -2.21. The molecular weight excluding hydrogens is 355 g/mol. The van der Waals surface area contributed by atoms with Crippen molar-refractivity contribution in [1.82, 2.24) is 19.5 Å². The highest BCUT2D eigenvalue weighted by Crippen LogP contribution is 2.42. The van der Waals surface area contributed by atoms with E-state index in [2.05, 4.69) is 19.5 Å². The number of imidazole rings is 1. The number of rotatable bonds is 9. The average Bonchev–Trinajstić information content (AvgIpc) is 2.94. The van der Waals surface area contributed by atoms with E-state index in [0.29, 0.717) is 11.2 Å². The molecule has 2 rings (SSSR count). The number of hydrogen-bond donors (Lipinski definition) is 5. The first-order valence-corrected chi connectivity index (χ1v) is 9.09. The molecule has 25 heavy (non-hydrogen) atoms. The number of aliphatic hydroxyl groups excluding tert-OH is 2. The van der Waals surface area contributed by atoms with Crippen LogP contribution in [0.5, 0.6) is 0 Å². The van der Waals surface area contributed by atoms with Crippen molar-refractivity contribution in [3.8, 4) is 0 Å². The quantitative estimate of drug-likeness (QED) is 0.334. The van der Waals surface area contributed by atoms with E-state index in [1.165, 1.54) is 6.33 Å². The van der Waals surface area contributed by atoms with Gasteiger partial charge in [0.15, 0.2) is 11.5 Å². The Bertz CT molecular complexity index is 770. The second-order valence-electron chi connectivity index (χ2n) is 5.41. The normalized spacial score (nSPS) is 16.6. The van der Waals surface area contributed by atoms with Crippen molar-refractivity contribution in [1.29, 1.82) is 0 Å². The molecule has 13 heteroatoms. The number of nitrogens with zero attached hydrogens (tertiary/aromatic N) is 4. The van der Waals surface area contributed by atoms with Gasteiger partial charge in [0.25, 0.3) is 0 Å². The molecule has 0 saturated heterocycles. The number of aromatic nitrogens is 4. The van der Waals surface area contributed by atoms with Crippen LogP contribution in [0.2, 0.25) is 0 Å². The lowest BCUT2D eigenvalue weighted by atomic mass is 10.4. The Kier molecular flexibility index (Phi) is 6.27. The summed E-state index contributed by atoms with van der Waals surface area (Å²) in [6, 6.07) is 0. The molecule has 0 fully saturated rings. The second-order valence-corrected chi connectivity index (χ2v) is 7.20. The number of nitrogens with two attached hydrogens (primary N) is 2. The van der Waals surface area contributed by atoms with Gasteiger partial charge in [0.1, 0.15) is 18.0 Å². The average molecular weight is 376 g/mol. The molecule has 0 saturated carbocycles. The van der Waals surface area contributed by atoms with Gasteiger partial charge in [-0.2, -0.15) is 9.97 Å². The zero-order valence-corrected chi connectivity index (χ0v) is 14.4. The van der Waals surface area contributed by atoms with E-state index in [1.54, 1.807) is 11.5 Å². The molecule has 0 spiro atoms. The molecule has 0 aromatic carbocycles. The van der Waals surface area contributed by atoms with E-state index < -0.39 is 39.4 Å². The smallest absolute Gasteiger partial charge is 0.353 e. The van der Waals surface area contributed by atoms with E-state index in [4.69, 9.17) is 26.4 Å². The molecule has 12 nitrogen and oxygen atoms in total. The van der Waals surface area contributed by atoms with Crippen LogP contribution in [0.1, 0.15) is 6.92 Å². The molecule has 0 aliphatic carbocycles. The second kappa shape index (κ2) is 8.04. The molecule has 3 atom stereocenters. The fourth-order valence-electron chi connectivity index (χ4n) is 1.96. The summed E-state index contributed by atoms with van der Waals surface area (Å²) in [5.74, 6) is 0.168. The monoisotopic (exact) mass is 376 g/mol. The molecule has 2 heterocycles. The predicted molar refractivity (Wildman–Crippen MR) is 88.4 cm³/mol. The van der Waals surface area contributed by atoms with Crippen molar-refractivity contribution in [2.24, 2.45) is 0 Å². The number of fused-ring (bicyclic) bond motifs is 1. The van der Waals surface area contributed by atoms with Crippen molar-refractivity contribution >= 4 is 30.5 Å². The summed E-state index contributed by atoms with van der Waals surface area (Å²) in [4.78, 5) is 21.6. The van der Waals surface area contributed by atoms with Crippen molar-refractivity contribution in [2.45, 2.75) is 25.7 Å². The minimum Gasteiger partial charge on any atom is -0.394 e. The SMILES string of the molecule is CC(Cn1cnc2c(N)nc(N)nc21)OCP(=O)(O)OCC(O)CO. The maximum Gasteiger partial charge on any atom is 0.353 e. The highest BCUT2D eigenvalue weighted by molar-refractivity contribution is 7.52. The third kappa shape index (κ3) is 5.33. The van der Waals surface area contributed by atoms with E-state index in [1.807, 2.05) is 0 Å². The minimum atomic E-state index is -4.05. The first-order valence-electron chi connectivity index (χ1n) is 7.32. The summed E-state index contributed by atoms with van der Waals surface area (Å²) in [6.45, 7) is 0.913. The van der Waals surface area contributed by atoms with Gasteiger partial charge in [0.2, 0.25) is 5.95 Å². The van der Waals surface area contributed by atoms with Crippen molar-refractivity contribution < 1.29 is 28.9 Å². The molecule has 0 radical (unpaired) electrons. The number of nitrogen functional groups attached to an aromatic ring is 2. The fraction of sp³-hybridized carbons (Fsp3) is 0.583. The van der Waals surface area contributed by atoms with Gasteiger partial charge in [-0.1, -0.05) is 0 Å². The molecule has 2 aromatic rings. The first-order chi connectivity index (χ1) is 11.7. The standard InChI is InChI=1S/C12H21N6O6P/c1-7(23-6-25(21,22)24-4-8(20)3-19)2-18-5-15-9-10(13)16-12(14)17-11(9)18/h5,7-8,19-20H,2-4,6H2,1H3,(H,21,22)(H4,13,14,16,17). The van der Waals surface area contributed by atoms with Gasteiger partial charge in [-0.15, -0.1) is 0 Å². The lowest BCUT2D eigenvalue weighted by Gasteiger charge is -2.18. The largest absolute Gasteiger partial charge is 0.394 e. The molecule has 140 valence electrons. The maximum absolute atomic E-state index is 11.8. The molecule has 7 N–H and O–H groups in total. The Hall–Kier alpha value is -1.82. The first kappa shape index (κ1) is 19.5. The van der Waals surface area contributed by atoms with Gasteiger partial charge in [-0.3, -0.25) is 4.57 Å². The lowest BCUT2D eigenvalue weighted by molar-refractivity contribution is 0.0375. The summed E-state index contributed by atoms with van der Waals surface area (Å²) < 4.78 is 23.4. The van der Waals surface area contributed by atoms with Crippen LogP contribution in [0.15, 0.2) is 6.33 Å². The molecule has 2 aromatic heterocycles. The van der Waals surface area contributed by atoms with Crippen LogP contribution >= 0.6 is 7.60 Å². The van der Waals surface area contributed by atoms with Crippen molar-refractivity contribution in [3.05, 3.63) is 6.33 Å². The Balaban J connectivity index is 1.94. The van der Waals surface area contributed by atoms with Crippen LogP contribution in [0.25, 0.3) is 11.2 Å². The van der Waals surface area contributed by atoms with Crippen LogP contribution in [0.4, 0.5) is 11.8 Å². The van der Waals surface area contributed by atoms with E-state index >= 15 is 0 Å². The number of hydrogen-bond acceptors (Lipinski definition) is 10. The van der Waals surface area contributed by atoms with Gasteiger partial charge >= 0.3 is 7.60 Å². The third-order valence-corrected chi connectivity index (χ3v) is 4.19. The zero-order valence-electron chi connectivity index (χ0n) is 13.5. The molecular formula is C12H21N6O6P. The highest BCUT2D eigenvalue weighted by atomic mass is 31.2. The van der Waals surface area contributed by atoms with Gasteiger partial charge in [-0.25, -0.2) is 4.98 Å². The predicted octanol–water partition coefficient (Wildman–Crippen LogP) is -1.09. The Morgan fingerprint density at radius 2 is 2.12 bits per heavy atom. The van der Waals surface area contributed by atoms with E-state index in [0.717, 1.165) is 0 Å². The van der Waals surface area contributed by atoms with Crippen LogP contribution in [-0.4, -0.2) is 66.4 Å². The molecule has 0 amide bonds. The molecule has 3 unspecified atom stereocenters. The fourth-order valence-corrected chi connectivity index (χ4v) is 2.88. The Morgan fingerprint density at radius 3 is 2.80 bits per heavy atom. The van der Waals surface area contributed by atoms with Gasteiger partial charge < -0.3 is 40.4 Å². The van der Waals surface area contributed by atoms with Gasteiger partial charge in [-0.05, 0) is 6.92 Å². The number of ether oxygens (including phenoxy) is 1. The Morgan fingerprint density at radius 1 is 1.40 bits per heavy atom.